The minimum Gasteiger partial charge on any atom is -0.359 e. The lowest BCUT2D eigenvalue weighted by Crippen LogP contribution is -2.35. The van der Waals surface area contributed by atoms with E-state index in [4.69, 9.17) is 0 Å². The van der Waals surface area contributed by atoms with E-state index in [2.05, 4.69) is 47.8 Å². The summed E-state index contributed by atoms with van der Waals surface area (Å²) in [5.41, 5.74) is 1.36. The molecule has 0 spiro atoms. The predicted molar refractivity (Wildman–Crippen MR) is 85.1 cm³/mol. The third-order valence-electron chi connectivity index (χ3n) is 5.62. The molecular weight excluding hydrogens is 258 g/mol. The summed E-state index contributed by atoms with van der Waals surface area (Å²) >= 11 is 0. The van der Waals surface area contributed by atoms with Crippen molar-refractivity contribution in [2.45, 2.75) is 25.2 Å². The van der Waals surface area contributed by atoms with Crippen LogP contribution < -0.4 is 5.32 Å². The van der Waals surface area contributed by atoms with Crippen molar-refractivity contribution in [3.63, 3.8) is 0 Å². The standard InChI is InChI=1S/C19H21NO/c1-20-19(21)18-16-9-8-15(11-16)17(18)14-7-6-12-4-2-3-5-13(12)10-14/h2-7,10,15-18H,8-9,11H2,1H3,(H,20,21)/t15?,16?,17-,18-/m1/s1. The first-order valence-corrected chi connectivity index (χ1v) is 7.98. The lowest BCUT2D eigenvalue weighted by Gasteiger charge is -2.30. The average Bonchev–Trinajstić information content (AvgIpc) is 3.14. The van der Waals surface area contributed by atoms with Crippen LogP contribution in [0.4, 0.5) is 0 Å². The summed E-state index contributed by atoms with van der Waals surface area (Å²) in [6.45, 7) is 0. The molecule has 2 fully saturated rings. The molecule has 2 heteroatoms. The molecule has 1 amide bonds. The van der Waals surface area contributed by atoms with Gasteiger partial charge < -0.3 is 5.32 Å². The summed E-state index contributed by atoms with van der Waals surface area (Å²) in [5.74, 6) is 2.11. The van der Waals surface area contributed by atoms with Gasteiger partial charge in [-0.25, -0.2) is 0 Å². The largest absolute Gasteiger partial charge is 0.359 e. The van der Waals surface area contributed by atoms with Crippen LogP contribution in [0.3, 0.4) is 0 Å². The first kappa shape index (κ1) is 12.9. The van der Waals surface area contributed by atoms with Gasteiger partial charge in [-0.2, -0.15) is 0 Å². The second-order valence-electron chi connectivity index (χ2n) is 6.61. The van der Waals surface area contributed by atoms with E-state index in [1.165, 1.54) is 35.6 Å². The van der Waals surface area contributed by atoms with Crippen molar-refractivity contribution in [3.05, 3.63) is 48.0 Å². The summed E-state index contributed by atoms with van der Waals surface area (Å²) in [7, 11) is 1.77. The van der Waals surface area contributed by atoms with Gasteiger partial charge in [0.25, 0.3) is 0 Å². The van der Waals surface area contributed by atoms with Gasteiger partial charge in [-0.1, -0.05) is 42.5 Å². The van der Waals surface area contributed by atoms with Gasteiger partial charge >= 0.3 is 0 Å². The molecular formula is C19H21NO. The van der Waals surface area contributed by atoms with E-state index in [9.17, 15) is 4.79 Å². The summed E-state index contributed by atoms with van der Waals surface area (Å²) in [4.78, 5) is 12.3. The Morgan fingerprint density at radius 3 is 2.62 bits per heavy atom. The van der Waals surface area contributed by atoms with Crippen LogP contribution in [0.25, 0.3) is 10.8 Å². The Hall–Kier alpha value is -1.83. The minimum atomic E-state index is 0.176. The molecule has 2 bridgehead atoms. The lowest BCUT2D eigenvalue weighted by molar-refractivity contribution is -0.126. The van der Waals surface area contributed by atoms with Crippen molar-refractivity contribution >= 4 is 16.7 Å². The molecule has 2 aliphatic carbocycles. The zero-order chi connectivity index (χ0) is 14.4. The van der Waals surface area contributed by atoms with E-state index >= 15 is 0 Å². The van der Waals surface area contributed by atoms with E-state index in [-0.39, 0.29) is 11.8 Å². The molecule has 4 rings (SSSR count). The first-order chi connectivity index (χ1) is 10.3. The van der Waals surface area contributed by atoms with Crippen LogP contribution in [-0.2, 0) is 4.79 Å². The highest BCUT2D eigenvalue weighted by atomic mass is 16.1. The van der Waals surface area contributed by atoms with Crippen molar-refractivity contribution in [1.82, 2.24) is 5.32 Å². The van der Waals surface area contributed by atoms with E-state index in [0.717, 1.165) is 0 Å². The fourth-order valence-corrected chi connectivity index (χ4v) is 4.73. The van der Waals surface area contributed by atoms with Gasteiger partial charge in [-0.15, -0.1) is 0 Å². The average molecular weight is 279 g/mol. The molecule has 1 N–H and O–H groups in total. The second kappa shape index (κ2) is 4.87. The minimum absolute atomic E-state index is 0.176. The van der Waals surface area contributed by atoms with Crippen LogP contribution in [0.1, 0.15) is 30.7 Å². The zero-order valence-corrected chi connectivity index (χ0v) is 12.4. The Labute approximate surface area is 125 Å². The Morgan fingerprint density at radius 1 is 1.05 bits per heavy atom. The number of amides is 1. The molecule has 2 aromatic rings. The van der Waals surface area contributed by atoms with Gasteiger partial charge in [0.15, 0.2) is 0 Å². The van der Waals surface area contributed by atoms with Gasteiger partial charge in [0.1, 0.15) is 0 Å². The summed E-state index contributed by atoms with van der Waals surface area (Å²) in [6.07, 6.45) is 3.75. The SMILES string of the molecule is CNC(=O)[C@@H]1C2CCC(C2)[C@H]1c1ccc2ccccc2c1. The van der Waals surface area contributed by atoms with Crippen LogP contribution >= 0.6 is 0 Å². The van der Waals surface area contributed by atoms with E-state index in [1.807, 2.05) is 0 Å². The van der Waals surface area contributed by atoms with Crippen molar-refractivity contribution in [3.8, 4) is 0 Å². The second-order valence-corrected chi connectivity index (χ2v) is 6.61. The van der Waals surface area contributed by atoms with Crippen molar-refractivity contribution in [2.75, 3.05) is 7.05 Å². The maximum atomic E-state index is 12.3. The molecule has 2 aliphatic rings. The molecule has 108 valence electrons. The van der Waals surface area contributed by atoms with Gasteiger partial charge in [0, 0.05) is 13.0 Å². The zero-order valence-electron chi connectivity index (χ0n) is 12.4. The molecule has 2 nitrogen and oxygen atoms in total. The summed E-state index contributed by atoms with van der Waals surface area (Å²) in [6, 6.07) is 15.2. The topological polar surface area (TPSA) is 29.1 Å². The molecule has 2 aromatic carbocycles. The Balaban J connectivity index is 1.77. The molecule has 0 aromatic heterocycles. The number of hydrogen-bond donors (Lipinski definition) is 1. The van der Waals surface area contributed by atoms with E-state index in [1.54, 1.807) is 7.05 Å². The Bertz CT molecular complexity index is 693. The molecule has 2 saturated carbocycles. The summed E-state index contributed by atoms with van der Waals surface area (Å²) < 4.78 is 0. The number of fused-ring (bicyclic) bond motifs is 3. The number of nitrogens with one attached hydrogen (secondary N) is 1. The van der Waals surface area contributed by atoms with Crippen LogP contribution in [0.15, 0.2) is 42.5 Å². The normalized spacial score (nSPS) is 30.7. The van der Waals surface area contributed by atoms with Crippen molar-refractivity contribution in [1.29, 1.82) is 0 Å². The molecule has 0 saturated heterocycles. The highest BCUT2D eigenvalue weighted by Gasteiger charge is 2.50. The smallest absolute Gasteiger partial charge is 0.223 e. The Kier molecular flexibility index (Phi) is 2.99. The fourth-order valence-electron chi connectivity index (χ4n) is 4.73. The van der Waals surface area contributed by atoms with Crippen LogP contribution in [0, 0.1) is 17.8 Å². The van der Waals surface area contributed by atoms with Crippen LogP contribution in [-0.4, -0.2) is 13.0 Å². The quantitative estimate of drug-likeness (QED) is 0.892. The lowest BCUT2D eigenvalue weighted by atomic mass is 9.74. The maximum Gasteiger partial charge on any atom is 0.223 e. The predicted octanol–water partition coefficient (Wildman–Crippen LogP) is 3.72. The molecule has 0 heterocycles. The van der Waals surface area contributed by atoms with Gasteiger partial charge in [0.05, 0.1) is 0 Å². The van der Waals surface area contributed by atoms with Crippen LogP contribution in [0.2, 0.25) is 0 Å². The third-order valence-corrected chi connectivity index (χ3v) is 5.62. The third kappa shape index (κ3) is 1.97. The van der Waals surface area contributed by atoms with Crippen molar-refractivity contribution < 1.29 is 4.79 Å². The molecule has 0 radical (unpaired) electrons. The number of benzene rings is 2. The monoisotopic (exact) mass is 279 g/mol. The van der Waals surface area contributed by atoms with Gasteiger partial charge in [0.2, 0.25) is 5.91 Å². The highest BCUT2D eigenvalue weighted by Crippen LogP contribution is 2.56. The van der Waals surface area contributed by atoms with E-state index in [0.29, 0.717) is 17.8 Å². The van der Waals surface area contributed by atoms with E-state index < -0.39 is 0 Å². The number of hydrogen-bond acceptors (Lipinski definition) is 1. The van der Waals surface area contributed by atoms with Crippen LogP contribution in [0.5, 0.6) is 0 Å². The maximum absolute atomic E-state index is 12.3. The van der Waals surface area contributed by atoms with Gasteiger partial charge in [-0.3, -0.25) is 4.79 Å². The molecule has 0 aliphatic heterocycles. The molecule has 2 unspecified atom stereocenters. The fraction of sp³-hybridized carbons (Fsp3) is 0.421. The number of rotatable bonds is 2. The highest BCUT2D eigenvalue weighted by molar-refractivity contribution is 5.84. The Morgan fingerprint density at radius 2 is 1.81 bits per heavy atom. The molecule has 21 heavy (non-hydrogen) atoms. The number of carbonyl (C=O) groups excluding carboxylic acids is 1. The van der Waals surface area contributed by atoms with Gasteiger partial charge in [-0.05, 0) is 53.4 Å². The molecule has 4 atom stereocenters. The first-order valence-electron chi connectivity index (χ1n) is 7.98. The van der Waals surface area contributed by atoms with Crippen molar-refractivity contribution in [2.24, 2.45) is 17.8 Å². The summed E-state index contributed by atoms with van der Waals surface area (Å²) in [5, 5.41) is 5.45. The number of carbonyl (C=O) groups is 1.